The van der Waals surface area contributed by atoms with Crippen LogP contribution in [0.3, 0.4) is 0 Å². The number of carboxylic acids is 1. The number of carbonyl (C=O) groups is 1. The largest absolute Gasteiger partial charge is 0.479 e. The number of hydrogen-bond donors (Lipinski definition) is 1. The van der Waals surface area contributed by atoms with E-state index in [2.05, 4.69) is 4.98 Å². The minimum absolute atomic E-state index is 0.488. The van der Waals surface area contributed by atoms with Crippen molar-refractivity contribution in [2.45, 2.75) is 24.9 Å². The molecule has 1 aliphatic rings. The highest BCUT2D eigenvalue weighted by atomic mass is 32.1. The standard InChI is InChI=1S/C13H13NO3S/c15-12(16)13(7-3-4-8-17-13)11-14-9-5-1-2-6-10(9)18-11/h1-2,5-6H,3-4,7-8H2,(H,15,16). The number of rotatable bonds is 2. The Morgan fingerprint density at radius 3 is 2.89 bits per heavy atom. The molecule has 1 saturated heterocycles. The van der Waals surface area contributed by atoms with Crippen LogP contribution in [0.25, 0.3) is 10.2 Å². The molecule has 94 valence electrons. The van der Waals surface area contributed by atoms with Gasteiger partial charge in [-0.2, -0.15) is 0 Å². The molecule has 3 rings (SSSR count). The molecule has 0 saturated carbocycles. The van der Waals surface area contributed by atoms with Gasteiger partial charge in [0.15, 0.2) is 0 Å². The van der Waals surface area contributed by atoms with Crippen LogP contribution in [0.2, 0.25) is 0 Å². The van der Waals surface area contributed by atoms with Crippen molar-refractivity contribution in [3.8, 4) is 0 Å². The predicted octanol–water partition coefficient (Wildman–Crippen LogP) is 2.78. The van der Waals surface area contributed by atoms with E-state index in [0.717, 1.165) is 23.1 Å². The van der Waals surface area contributed by atoms with Gasteiger partial charge >= 0.3 is 5.97 Å². The van der Waals surface area contributed by atoms with Crippen molar-refractivity contribution >= 4 is 27.5 Å². The molecule has 1 N–H and O–H groups in total. The van der Waals surface area contributed by atoms with Gasteiger partial charge in [-0.25, -0.2) is 9.78 Å². The van der Waals surface area contributed by atoms with Crippen LogP contribution in [0.1, 0.15) is 24.3 Å². The lowest BCUT2D eigenvalue weighted by Crippen LogP contribution is -2.41. The van der Waals surface area contributed by atoms with Gasteiger partial charge in [-0.1, -0.05) is 12.1 Å². The van der Waals surface area contributed by atoms with Crippen molar-refractivity contribution in [3.63, 3.8) is 0 Å². The van der Waals surface area contributed by atoms with Gasteiger partial charge in [0, 0.05) is 6.61 Å². The Hall–Kier alpha value is -1.46. The fourth-order valence-corrected chi connectivity index (χ4v) is 3.40. The highest BCUT2D eigenvalue weighted by Gasteiger charge is 2.45. The molecule has 1 aliphatic heterocycles. The average molecular weight is 263 g/mol. The summed E-state index contributed by atoms with van der Waals surface area (Å²) in [6, 6.07) is 7.68. The lowest BCUT2D eigenvalue weighted by atomic mass is 9.94. The van der Waals surface area contributed by atoms with E-state index >= 15 is 0 Å². The molecule has 1 unspecified atom stereocenters. The van der Waals surface area contributed by atoms with Gasteiger partial charge in [-0.3, -0.25) is 0 Å². The Labute approximate surface area is 108 Å². The van der Waals surface area contributed by atoms with Gasteiger partial charge < -0.3 is 9.84 Å². The summed E-state index contributed by atoms with van der Waals surface area (Å²) in [4.78, 5) is 16.0. The smallest absolute Gasteiger partial charge is 0.343 e. The maximum Gasteiger partial charge on any atom is 0.343 e. The number of ether oxygens (including phenoxy) is 1. The number of benzene rings is 1. The van der Waals surface area contributed by atoms with Crippen LogP contribution in [0.15, 0.2) is 24.3 Å². The number of para-hydroxylation sites is 1. The van der Waals surface area contributed by atoms with Crippen LogP contribution in [0.4, 0.5) is 0 Å². The molecule has 1 aromatic heterocycles. The third kappa shape index (κ3) is 1.71. The van der Waals surface area contributed by atoms with Crippen molar-refractivity contribution in [3.05, 3.63) is 29.3 Å². The maximum atomic E-state index is 11.6. The van der Waals surface area contributed by atoms with Crippen LogP contribution in [0.5, 0.6) is 0 Å². The first-order chi connectivity index (χ1) is 8.72. The van der Waals surface area contributed by atoms with Crippen molar-refractivity contribution in [1.29, 1.82) is 0 Å². The molecule has 0 radical (unpaired) electrons. The summed E-state index contributed by atoms with van der Waals surface area (Å²) in [6.07, 6.45) is 2.28. The van der Waals surface area contributed by atoms with Crippen LogP contribution in [0, 0.1) is 0 Å². The number of nitrogens with zero attached hydrogens (tertiary/aromatic N) is 1. The summed E-state index contributed by atoms with van der Waals surface area (Å²) in [6.45, 7) is 0.488. The van der Waals surface area contributed by atoms with Crippen molar-refractivity contribution < 1.29 is 14.6 Å². The Kier molecular flexibility index (Phi) is 2.80. The number of aromatic nitrogens is 1. The number of carboxylic acid groups (broad SMARTS) is 1. The van der Waals surface area contributed by atoms with E-state index in [1.54, 1.807) is 0 Å². The van der Waals surface area contributed by atoms with Crippen LogP contribution >= 0.6 is 11.3 Å². The number of thiazole rings is 1. The van der Waals surface area contributed by atoms with Gasteiger partial charge in [0.1, 0.15) is 5.01 Å². The second-order valence-electron chi connectivity index (χ2n) is 4.42. The Morgan fingerprint density at radius 1 is 1.39 bits per heavy atom. The summed E-state index contributed by atoms with van der Waals surface area (Å²) < 4.78 is 6.59. The first-order valence-corrected chi connectivity index (χ1v) is 6.77. The molecule has 1 fully saturated rings. The Morgan fingerprint density at radius 2 is 2.22 bits per heavy atom. The third-order valence-corrected chi connectivity index (χ3v) is 4.44. The van der Waals surface area contributed by atoms with E-state index in [9.17, 15) is 9.90 Å². The topological polar surface area (TPSA) is 59.4 Å². The number of fused-ring (bicyclic) bond motifs is 1. The summed E-state index contributed by atoms with van der Waals surface area (Å²) in [5, 5.41) is 10.1. The van der Waals surface area contributed by atoms with E-state index in [4.69, 9.17) is 4.74 Å². The first kappa shape index (κ1) is 11.6. The van der Waals surface area contributed by atoms with Crippen molar-refractivity contribution in [2.75, 3.05) is 6.61 Å². The molecule has 4 nitrogen and oxygen atoms in total. The van der Waals surface area contributed by atoms with Gasteiger partial charge in [0.2, 0.25) is 5.60 Å². The van der Waals surface area contributed by atoms with E-state index < -0.39 is 11.6 Å². The van der Waals surface area contributed by atoms with Gasteiger partial charge in [-0.05, 0) is 31.4 Å². The molecule has 0 aliphatic carbocycles. The second kappa shape index (κ2) is 4.33. The molecule has 18 heavy (non-hydrogen) atoms. The quantitative estimate of drug-likeness (QED) is 0.905. The maximum absolute atomic E-state index is 11.6. The molecule has 0 spiro atoms. The summed E-state index contributed by atoms with van der Waals surface area (Å²) in [7, 11) is 0. The summed E-state index contributed by atoms with van der Waals surface area (Å²) >= 11 is 1.41. The molecule has 0 amide bonds. The minimum Gasteiger partial charge on any atom is -0.479 e. The van der Waals surface area contributed by atoms with E-state index in [1.807, 2.05) is 24.3 Å². The fourth-order valence-electron chi connectivity index (χ4n) is 2.27. The molecule has 5 heteroatoms. The summed E-state index contributed by atoms with van der Waals surface area (Å²) in [5.74, 6) is -0.929. The van der Waals surface area contributed by atoms with Crippen LogP contribution in [-0.2, 0) is 15.1 Å². The Bertz CT molecular complexity index is 554. The highest BCUT2D eigenvalue weighted by Crippen LogP contribution is 2.39. The van der Waals surface area contributed by atoms with Crippen molar-refractivity contribution in [2.24, 2.45) is 0 Å². The second-order valence-corrected chi connectivity index (χ2v) is 5.46. The average Bonchev–Trinajstić information content (AvgIpc) is 2.83. The lowest BCUT2D eigenvalue weighted by molar-refractivity contribution is -0.174. The molecule has 1 aromatic carbocycles. The van der Waals surface area contributed by atoms with Crippen LogP contribution in [-0.4, -0.2) is 22.7 Å². The lowest BCUT2D eigenvalue weighted by Gasteiger charge is -2.31. The van der Waals surface area contributed by atoms with Gasteiger partial charge in [0.05, 0.1) is 10.2 Å². The molecular weight excluding hydrogens is 250 g/mol. The monoisotopic (exact) mass is 263 g/mol. The first-order valence-electron chi connectivity index (χ1n) is 5.96. The molecule has 1 atom stereocenters. The zero-order valence-electron chi connectivity index (χ0n) is 9.76. The zero-order valence-corrected chi connectivity index (χ0v) is 10.6. The molecular formula is C13H13NO3S. The molecule has 2 heterocycles. The third-order valence-electron chi connectivity index (χ3n) is 3.26. The normalized spacial score (nSPS) is 24.2. The minimum atomic E-state index is -1.23. The van der Waals surface area contributed by atoms with Crippen LogP contribution < -0.4 is 0 Å². The Balaban J connectivity index is 2.12. The van der Waals surface area contributed by atoms with Gasteiger partial charge in [0.25, 0.3) is 0 Å². The number of aliphatic carboxylic acids is 1. The zero-order chi connectivity index (χ0) is 12.6. The van der Waals surface area contributed by atoms with E-state index in [1.165, 1.54) is 11.3 Å². The van der Waals surface area contributed by atoms with Crippen molar-refractivity contribution in [1.82, 2.24) is 4.98 Å². The molecule has 0 bridgehead atoms. The summed E-state index contributed by atoms with van der Waals surface area (Å²) in [5.41, 5.74) is -0.394. The SMILES string of the molecule is O=C(O)C1(c2nc3ccccc3s2)CCCCO1. The fraction of sp³-hybridized carbons (Fsp3) is 0.385. The van der Waals surface area contributed by atoms with E-state index in [0.29, 0.717) is 18.0 Å². The van der Waals surface area contributed by atoms with E-state index in [-0.39, 0.29) is 0 Å². The number of hydrogen-bond acceptors (Lipinski definition) is 4. The van der Waals surface area contributed by atoms with Gasteiger partial charge in [-0.15, -0.1) is 11.3 Å². The predicted molar refractivity (Wildman–Crippen MR) is 68.7 cm³/mol. The molecule has 2 aromatic rings. The highest BCUT2D eigenvalue weighted by molar-refractivity contribution is 7.18.